The van der Waals surface area contributed by atoms with Gasteiger partial charge in [-0.2, -0.15) is 0 Å². The van der Waals surface area contributed by atoms with E-state index in [0.29, 0.717) is 19.4 Å². The summed E-state index contributed by atoms with van der Waals surface area (Å²) in [7, 11) is 3.16. The van der Waals surface area contributed by atoms with Gasteiger partial charge in [-0.3, -0.25) is 9.69 Å². The maximum absolute atomic E-state index is 10.9. The largest absolute Gasteiger partial charge is 0.468 e. The molecule has 0 rings (SSSR count). The monoisotopic (exact) mass is 203 g/mol. The number of likely N-dealkylation sites (N-methyl/N-ethyl adjacent to an activating group) is 1. The van der Waals surface area contributed by atoms with Crippen LogP contribution in [0.4, 0.5) is 0 Å². The molecule has 0 unspecified atom stereocenters. The number of ether oxygens (including phenoxy) is 1. The molecule has 0 heterocycles. The lowest BCUT2D eigenvalue weighted by atomic mass is 9.97. The summed E-state index contributed by atoms with van der Waals surface area (Å²) in [4.78, 5) is 12.7. The van der Waals surface area contributed by atoms with Crippen LogP contribution in [0.1, 0.15) is 26.7 Å². The van der Waals surface area contributed by atoms with Crippen LogP contribution in [0.15, 0.2) is 0 Å². The zero-order valence-electron chi connectivity index (χ0n) is 9.54. The van der Waals surface area contributed by atoms with Gasteiger partial charge in [-0.25, -0.2) is 0 Å². The van der Waals surface area contributed by atoms with Crippen molar-refractivity contribution in [3.05, 3.63) is 0 Å². The molecule has 0 radical (unpaired) electrons. The van der Waals surface area contributed by atoms with Crippen molar-refractivity contribution in [3.63, 3.8) is 0 Å². The summed E-state index contributed by atoms with van der Waals surface area (Å²) < 4.78 is 4.54. The first-order chi connectivity index (χ1) is 6.47. The highest BCUT2D eigenvalue weighted by molar-refractivity contribution is 5.71. The topological polar surface area (TPSA) is 49.8 Å². The van der Waals surface area contributed by atoms with Crippen LogP contribution in [-0.2, 0) is 9.53 Å². The van der Waals surface area contributed by atoms with Crippen LogP contribution in [0.25, 0.3) is 0 Å². The molecule has 0 saturated carbocycles. The molecule has 0 amide bonds. The van der Waals surface area contributed by atoms with Crippen LogP contribution in [0.5, 0.6) is 0 Å². The van der Waals surface area contributed by atoms with Crippen molar-refractivity contribution in [3.8, 4) is 0 Å². The number of nitrogens with zero attached hydrogens (tertiary/aromatic N) is 1. The van der Waals surface area contributed by atoms with E-state index in [1.807, 2.05) is 13.8 Å². The molecular weight excluding hydrogens is 182 g/mol. The first-order valence-electron chi connectivity index (χ1n) is 4.95. The lowest BCUT2D eigenvalue weighted by molar-refractivity contribution is -0.142. The highest BCUT2D eigenvalue weighted by atomic mass is 16.5. The summed E-state index contributed by atoms with van der Waals surface area (Å²) in [5.41, 5.74) is -0.692. The summed E-state index contributed by atoms with van der Waals surface area (Å²) in [6.07, 6.45) is 1.38. The number of esters is 1. The van der Waals surface area contributed by atoms with Gasteiger partial charge in [0.25, 0.3) is 0 Å². The van der Waals surface area contributed by atoms with Gasteiger partial charge in [0.2, 0.25) is 0 Å². The van der Waals surface area contributed by atoms with Crippen LogP contribution in [-0.4, -0.2) is 48.8 Å². The zero-order valence-corrected chi connectivity index (χ0v) is 9.54. The molecule has 0 spiro atoms. The van der Waals surface area contributed by atoms with E-state index < -0.39 is 5.60 Å². The third kappa shape index (κ3) is 4.58. The van der Waals surface area contributed by atoms with Crippen molar-refractivity contribution in [1.82, 2.24) is 4.90 Å². The van der Waals surface area contributed by atoms with E-state index >= 15 is 0 Å². The molecule has 4 heteroatoms. The number of rotatable bonds is 6. The van der Waals surface area contributed by atoms with Gasteiger partial charge in [0, 0.05) is 6.54 Å². The molecule has 1 N–H and O–H groups in total. The predicted octanol–water partition coefficient (Wildman–Crippen LogP) is 0.642. The lowest BCUT2D eigenvalue weighted by Gasteiger charge is -2.29. The SMILES string of the molecule is CCC(O)(CC)CN(C)CC(=O)OC. The number of methoxy groups -OCH3 is 1. The first kappa shape index (κ1) is 13.4. The van der Waals surface area contributed by atoms with Crippen LogP contribution in [0.2, 0.25) is 0 Å². The Balaban J connectivity index is 4.03. The van der Waals surface area contributed by atoms with Crippen LogP contribution < -0.4 is 0 Å². The lowest BCUT2D eigenvalue weighted by Crippen LogP contribution is -2.42. The average molecular weight is 203 g/mol. The van der Waals surface area contributed by atoms with Gasteiger partial charge in [0.15, 0.2) is 0 Å². The van der Waals surface area contributed by atoms with E-state index in [1.165, 1.54) is 7.11 Å². The fourth-order valence-corrected chi connectivity index (χ4v) is 1.32. The molecule has 0 aliphatic carbocycles. The second kappa shape index (κ2) is 5.98. The Hall–Kier alpha value is -0.610. The van der Waals surface area contributed by atoms with Gasteiger partial charge in [-0.15, -0.1) is 0 Å². The van der Waals surface area contributed by atoms with E-state index in [2.05, 4.69) is 4.74 Å². The number of hydrogen-bond donors (Lipinski definition) is 1. The maximum atomic E-state index is 10.9. The molecule has 0 aromatic rings. The second-order valence-corrected chi connectivity index (χ2v) is 3.68. The van der Waals surface area contributed by atoms with E-state index in [4.69, 9.17) is 0 Å². The molecule has 0 aliphatic rings. The molecule has 0 saturated heterocycles. The minimum absolute atomic E-state index is 0.221. The molecule has 84 valence electrons. The molecule has 0 aromatic carbocycles. The number of carbonyl (C=O) groups excluding carboxylic acids is 1. The molecule has 14 heavy (non-hydrogen) atoms. The Morgan fingerprint density at radius 3 is 2.29 bits per heavy atom. The summed E-state index contributed by atoms with van der Waals surface area (Å²) >= 11 is 0. The zero-order chi connectivity index (χ0) is 11.2. The minimum atomic E-state index is -0.692. The van der Waals surface area contributed by atoms with Crippen molar-refractivity contribution < 1.29 is 14.6 Å². The van der Waals surface area contributed by atoms with Gasteiger partial charge in [0.05, 0.1) is 19.3 Å². The van der Waals surface area contributed by atoms with E-state index in [1.54, 1.807) is 11.9 Å². The van der Waals surface area contributed by atoms with Gasteiger partial charge in [-0.05, 0) is 19.9 Å². The molecule has 0 atom stereocenters. The molecule has 4 nitrogen and oxygen atoms in total. The Morgan fingerprint density at radius 2 is 1.93 bits per heavy atom. The van der Waals surface area contributed by atoms with Gasteiger partial charge < -0.3 is 9.84 Å². The van der Waals surface area contributed by atoms with Crippen molar-refractivity contribution >= 4 is 5.97 Å². The van der Waals surface area contributed by atoms with Crippen molar-refractivity contribution in [2.45, 2.75) is 32.3 Å². The second-order valence-electron chi connectivity index (χ2n) is 3.68. The van der Waals surface area contributed by atoms with Gasteiger partial charge in [-0.1, -0.05) is 13.8 Å². The number of hydrogen-bond acceptors (Lipinski definition) is 4. The van der Waals surface area contributed by atoms with Crippen molar-refractivity contribution in [2.75, 3.05) is 27.2 Å². The van der Waals surface area contributed by atoms with Crippen molar-refractivity contribution in [1.29, 1.82) is 0 Å². The summed E-state index contributed by atoms with van der Waals surface area (Å²) in [6.45, 7) is 4.60. The molecule has 0 aliphatic heterocycles. The predicted molar refractivity (Wildman–Crippen MR) is 55.0 cm³/mol. The van der Waals surface area contributed by atoms with Gasteiger partial charge in [0.1, 0.15) is 0 Å². The van der Waals surface area contributed by atoms with Gasteiger partial charge >= 0.3 is 5.97 Å². The molecule has 0 bridgehead atoms. The minimum Gasteiger partial charge on any atom is -0.468 e. The Morgan fingerprint density at radius 1 is 1.43 bits per heavy atom. The third-order valence-corrected chi connectivity index (χ3v) is 2.51. The highest BCUT2D eigenvalue weighted by Crippen LogP contribution is 2.15. The van der Waals surface area contributed by atoms with Crippen LogP contribution in [0.3, 0.4) is 0 Å². The third-order valence-electron chi connectivity index (χ3n) is 2.51. The van der Waals surface area contributed by atoms with Crippen molar-refractivity contribution in [2.24, 2.45) is 0 Å². The Bertz CT molecular complexity index is 178. The first-order valence-corrected chi connectivity index (χ1v) is 4.95. The fraction of sp³-hybridized carbons (Fsp3) is 0.900. The highest BCUT2D eigenvalue weighted by Gasteiger charge is 2.24. The van der Waals surface area contributed by atoms with E-state index in [0.717, 1.165) is 0 Å². The van der Waals surface area contributed by atoms with Crippen LogP contribution in [0, 0.1) is 0 Å². The molecule has 0 aromatic heterocycles. The number of aliphatic hydroxyl groups is 1. The summed E-state index contributed by atoms with van der Waals surface area (Å²) in [5.74, 6) is -0.276. The summed E-state index contributed by atoms with van der Waals surface area (Å²) in [6, 6.07) is 0. The van der Waals surface area contributed by atoms with E-state index in [-0.39, 0.29) is 12.5 Å². The quantitative estimate of drug-likeness (QED) is 0.644. The normalized spacial score (nSPS) is 11.9. The molecular formula is C10H21NO3. The standard InChI is InChI=1S/C10H21NO3/c1-5-10(13,6-2)8-11(3)7-9(12)14-4/h13H,5-8H2,1-4H3. The fourth-order valence-electron chi connectivity index (χ4n) is 1.32. The maximum Gasteiger partial charge on any atom is 0.319 e. The molecule has 0 fully saturated rings. The van der Waals surface area contributed by atoms with Crippen LogP contribution >= 0.6 is 0 Å². The average Bonchev–Trinajstić information content (AvgIpc) is 2.17. The van der Waals surface area contributed by atoms with E-state index in [9.17, 15) is 9.90 Å². The Labute approximate surface area is 85.9 Å². The number of carbonyl (C=O) groups is 1. The Kier molecular flexibility index (Phi) is 5.72. The smallest absolute Gasteiger partial charge is 0.319 e. The summed E-state index contributed by atoms with van der Waals surface area (Å²) in [5, 5.41) is 9.99.